The molecule has 4 heterocycles. The molecule has 1 aliphatic rings. The quantitative estimate of drug-likeness (QED) is 0.579. The molecule has 1 aromatic carbocycles. The summed E-state index contributed by atoms with van der Waals surface area (Å²) in [5.74, 6) is 1.37. The minimum atomic E-state index is -0.0527. The lowest BCUT2D eigenvalue weighted by Crippen LogP contribution is -2.42. The number of hydrogen-bond acceptors (Lipinski definition) is 3. The van der Waals surface area contributed by atoms with Crippen LogP contribution in [0.15, 0.2) is 54.9 Å². The first-order valence-electron chi connectivity index (χ1n) is 10.3. The van der Waals surface area contributed by atoms with Crippen LogP contribution in [0.3, 0.4) is 0 Å². The predicted molar refractivity (Wildman–Crippen MR) is 113 cm³/mol. The Bertz CT molecular complexity index is 1160. The molecule has 148 valence electrons. The number of fused-ring (bicyclic) bond motifs is 2. The fraction of sp³-hybridized carbons (Fsp3) is 0.348. The molecule has 1 amide bonds. The van der Waals surface area contributed by atoms with Gasteiger partial charge in [0.05, 0.1) is 0 Å². The number of benzene rings is 1. The summed E-state index contributed by atoms with van der Waals surface area (Å²) in [6.07, 6.45) is 6.83. The summed E-state index contributed by atoms with van der Waals surface area (Å²) >= 11 is 0. The van der Waals surface area contributed by atoms with Crippen LogP contribution in [-0.4, -0.2) is 43.5 Å². The van der Waals surface area contributed by atoms with Crippen LogP contribution in [0.5, 0.6) is 0 Å². The number of piperidine rings is 1. The number of amides is 1. The monoisotopic (exact) mass is 387 g/mol. The van der Waals surface area contributed by atoms with Gasteiger partial charge >= 0.3 is 0 Å². The van der Waals surface area contributed by atoms with Crippen molar-refractivity contribution in [3.05, 3.63) is 66.2 Å². The third-order valence-corrected chi connectivity index (χ3v) is 6.06. The number of likely N-dealkylation sites (tertiary alicyclic amines) is 1. The lowest BCUT2D eigenvalue weighted by Gasteiger charge is -2.33. The molecule has 3 aromatic heterocycles. The zero-order valence-corrected chi connectivity index (χ0v) is 16.6. The summed E-state index contributed by atoms with van der Waals surface area (Å²) in [5.41, 5.74) is 3.19. The highest BCUT2D eigenvalue weighted by atomic mass is 16.2. The van der Waals surface area contributed by atoms with Crippen LogP contribution in [0, 0.1) is 5.92 Å². The molecular formula is C23H25N5O. The molecule has 0 saturated carbocycles. The van der Waals surface area contributed by atoms with E-state index in [1.54, 1.807) is 0 Å². The summed E-state index contributed by atoms with van der Waals surface area (Å²) < 4.78 is 2.05. The predicted octanol–water partition coefficient (Wildman–Crippen LogP) is 3.80. The Morgan fingerprint density at radius 1 is 1.21 bits per heavy atom. The van der Waals surface area contributed by atoms with Gasteiger partial charge < -0.3 is 9.88 Å². The van der Waals surface area contributed by atoms with Gasteiger partial charge in [-0.2, -0.15) is 0 Å². The molecule has 2 atom stereocenters. The van der Waals surface area contributed by atoms with E-state index in [0.29, 0.717) is 6.54 Å². The Morgan fingerprint density at radius 2 is 2.07 bits per heavy atom. The zero-order valence-electron chi connectivity index (χ0n) is 16.6. The molecule has 6 heteroatoms. The first kappa shape index (κ1) is 17.9. The average molecular weight is 387 g/mol. The van der Waals surface area contributed by atoms with Crippen molar-refractivity contribution >= 4 is 22.5 Å². The highest BCUT2D eigenvalue weighted by Crippen LogP contribution is 2.28. The van der Waals surface area contributed by atoms with Crippen LogP contribution in [0.1, 0.15) is 37.1 Å². The van der Waals surface area contributed by atoms with E-state index in [0.717, 1.165) is 42.8 Å². The number of aromatic amines is 1. The van der Waals surface area contributed by atoms with Crippen molar-refractivity contribution in [3.8, 4) is 0 Å². The van der Waals surface area contributed by atoms with Crippen molar-refractivity contribution in [1.82, 2.24) is 24.5 Å². The van der Waals surface area contributed by atoms with Gasteiger partial charge in [-0.05, 0) is 43.0 Å². The Kier molecular flexibility index (Phi) is 4.54. The summed E-state index contributed by atoms with van der Waals surface area (Å²) in [5, 5.41) is 9.91. The van der Waals surface area contributed by atoms with Crippen molar-refractivity contribution in [1.29, 1.82) is 0 Å². The molecule has 29 heavy (non-hydrogen) atoms. The van der Waals surface area contributed by atoms with E-state index in [2.05, 4.69) is 27.3 Å². The van der Waals surface area contributed by atoms with Crippen LogP contribution < -0.4 is 0 Å². The van der Waals surface area contributed by atoms with Crippen molar-refractivity contribution < 1.29 is 4.79 Å². The van der Waals surface area contributed by atoms with Crippen molar-refractivity contribution in [3.63, 3.8) is 0 Å². The summed E-state index contributed by atoms with van der Waals surface area (Å²) in [7, 11) is 0. The molecule has 6 nitrogen and oxygen atoms in total. The molecule has 4 aromatic rings. The standard InChI is InChI=1S/C23H25N5O/c1-16(13-18-14-24-20-9-3-2-8-19(18)20)23(29)27-11-6-7-17(15-27)22-26-25-21-10-4-5-12-28(21)22/h2-5,8-10,12,14,16-17,24H,6-7,11,13,15H2,1H3/t16-,17-/m1/s1. The Balaban J connectivity index is 1.31. The van der Waals surface area contributed by atoms with Gasteiger partial charge in [0.1, 0.15) is 5.82 Å². The molecule has 0 aliphatic carbocycles. The van der Waals surface area contributed by atoms with Crippen molar-refractivity contribution in [2.45, 2.75) is 32.1 Å². The van der Waals surface area contributed by atoms with Crippen molar-refractivity contribution in [2.75, 3.05) is 13.1 Å². The van der Waals surface area contributed by atoms with Gasteiger partial charge in [-0.25, -0.2) is 0 Å². The second-order valence-corrected chi connectivity index (χ2v) is 8.08. The SMILES string of the molecule is C[C@H](Cc1c[nH]c2ccccc12)C(=O)N1CCC[C@@H](c2nnc3ccccn23)C1. The van der Waals surface area contributed by atoms with E-state index in [9.17, 15) is 4.79 Å². The second kappa shape index (κ2) is 7.35. The second-order valence-electron chi connectivity index (χ2n) is 8.08. The highest BCUT2D eigenvalue weighted by Gasteiger charge is 2.30. The maximum absolute atomic E-state index is 13.2. The summed E-state index contributed by atoms with van der Waals surface area (Å²) in [4.78, 5) is 18.5. The third-order valence-electron chi connectivity index (χ3n) is 6.06. The topological polar surface area (TPSA) is 66.3 Å². The minimum absolute atomic E-state index is 0.0527. The minimum Gasteiger partial charge on any atom is -0.361 e. The number of para-hydroxylation sites is 1. The maximum atomic E-state index is 13.2. The molecular weight excluding hydrogens is 362 g/mol. The molecule has 0 unspecified atom stereocenters. The fourth-order valence-electron chi connectivity index (χ4n) is 4.56. The lowest BCUT2D eigenvalue weighted by atomic mass is 9.94. The molecule has 1 fully saturated rings. The number of nitrogens with one attached hydrogen (secondary N) is 1. The van der Waals surface area contributed by atoms with Crippen LogP contribution >= 0.6 is 0 Å². The molecule has 1 N–H and O–H groups in total. The van der Waals surface area contributed by atoms with E-state index in [4.69, 9.17) is 0 Å². The molecule has 5 rings (SSSR count). The van der Waals surface area contributed by atoms with E-state index in [1.165, 1.54) is 10.9 Å². The van der Waals surface area contributed by atoms with Crippen LogP contribution in [-0.2, 0) is 11.2 Å². The van der Waals surface area contributed by atoms with Gasteiger partial charge in [0.2, 0.25) is 5.91 Å². The van der Waals surface area contributed by atoms with Gasteiger partial charge in [-0.3, -0.25) is 9.20 Å². The number of aromatic nitrogens is 4. The molecule has 0 spiro atoms. The van der Waals surface area contributed by atoms with Crippen molar-refractivity contribution in [2.24, 2.45) is 5.92 Å². The Labute approximate surface area is 169 Å². The van der Waals surface area contributed by atoms with Gasteiger partial charge in [0.15, 0.2) is 5.65 Å². The number of pyridine rings is 1. The van der Waals surface area contributed by atoms with Crippen LogP contribution in [0.2, 0.25) is 0 Å². The largest absolute Gasteiger partial charge is 0.361 e. The van der Waals surface area contributed by atoms with Gasteiger partial charge in [-0.15, -0.1) is 10.2 Å². The first-order valence-corrected chi connectivity index (χ1v) is 10.3. The Morgan fingerprint density at radius 3 is 3.00 bits per heavy atom. The number of carbonyl (C=O) groups excluding carboxylic acids is 1. The number of carbonyl (C=O) groups is 1. The third kappa shape index (κ3) is 3.28. The van der Waals surface area contributed by atoms with Gasteiger partial charge in [-0.1, -0.05) is 31.2 Å². The normalized spacial score (nSPS) is 18.4. The average Bonchev–Trinajstić information content (AvgIpc) is 3.38. The van der Waals surface area contributed by atoms with Crippen LogP contribution in [0.4, 0.5) is 0 Å². The molecule has 1 aliphatic heterocycles. The summed E-state index contributed by atoms with van der Waals surface area (Å²) in [6, 6.07) is 14.2. The van der Waals surface area contributed by atoms with E-state index in [-0.39, 0.29) is 17.7 Å². The lowest BCUT2D eigenvalue weighted by molar-refractivity contribution is -0.136. The molecule has 0 bridgehead atoms. The summed E-state index contributed by atoms with van der Waals surface area (Å²) in [6.45, 7) is 3.58. The number of H-pyrrole nitrogens is 1. The Hall–Kier alpha value is -3.15. The molecule has 0 radical (unpaired) electrons. The zero-order chi connectivity index (χ0) is 19.8. The van der Waals surface area contributed by atoms with Gasteiger partial charge in [0.25, 0.3) is 0 Å². The smallest absolute Gasteiger partial charge is 0.225 e. The number of hydrogen-bond donors (Lipinski definition) is 1. The number of nitrogens with zero attached hydrogens (tertiary/aromatic N) is 4. The van der Waals surface area contributed by atoms with E-state index < -0.39 is 0 Å². The van der Waals surface area contributed by atoms with Crippen LogP contribution in [0.25, 0.3) is 16.6 Å². The molecule has 1 saturated heterocycles. The highest BCUT2D eigenvalue weighted by molar-refractivity contribution is 5.84. The fourth-order valence-corrected chi connectivity index (χ4v) is 4.56. The van der Waals surface area contributed by atoms with E-state index in [1.807, 2.05) is 58.9 Å². The maximum Gasteiger partial charge on any atom is 0.225 e. The first-order chi connectivity index (χ1) is 14.2. The van der Waals surface area contributed by atoms with Gasteiger partial charge in [0, 0.05) is 48.2 Å². The van der Waals surface area contributed by atoms with E-state index >= 15 is 0 Å². The number of rotatable bonds is 4.